The van der Waals surface area contributed by atoms with Gasteiger partial charge in [-0.25, -0.2) is 10.7 Å². The number of hydrazone groups is 1. The number of hydrogen-bond acceptors (Lipinski definition) is 8. The lowest BCUT2D eigenvalue weighted by Gasteiger charge is -2.37. The summed E-state index contributed by atoms with van der Waals surface area (Å²) < 4.78 is 11.5. The predicted octanol–water partition coefficient (Wildman–Crippen LogP) is 2.82. The molecule has 0 aliphatic carbocycles. The number of hydrogen-bond donors (Lipinski definition) is 4. The molecule has 1 aliphatic rings. The Morgan fingerprint density at radius 1 is 1.24 bits per heavy atom. The average molecular weight is 528 g/mol. The third-order valence-electron chi connectivity index (χ3n) is 5.54. The van der Waals surface area contributed by atoms with Crippen LogP contribution in [0.15, 0.2) is 47.6 Å². The van der Waals surface area contributed by atoms with E-state index in [1.54, 1.807) is 39.0 Å². The second-order valence-corrected chi connectivity index (χ2v) is 9.59. The van der Waals surface area contributed by atoms with Gasteiger partial charge in [0.15, 0.2) is 6.61 Å². The van der Waals surface area contributed by atoms with E-state index in [9.17, 15) is 20.0 Å². The van der Waals surface area contributed by atoms with Crippen LogP contribution >= 0.6 is 11.6 Å². The molecule has 1 aliphatic heterocycles. The first-order chi connectivity index (χ1) is 17.5. The Morgan fingerprint density at radius 3 is 2.68 bits per heavy atom. The van der Waals surface area contributed by atoms with Crippen molar-refractivity contribution in [1.82, 2.24) is 16.1 Å². The summed E-state index contributed by atoms with van der Waals surface area (Å²) >= 11 is 6.02. The minimum absolute atomic E-state index is 0.140. The standard InChI is InChI=1S/C26H30ClN5O5/c1-4-26(35,37-22-13-18(27)10-9-17(22)14-28)32-25(2,3)16-29-24(34)15-36-21-8-6-5-7-19(21)20-11-12-23(33)31-30-20/h5-10,13,32,35H,4,11-12,15-16H2,1-3H3,(H,29,34)(H,31,33). The Kier molecular flexibility index (Phi) is 9.10. The zero-order chi connectivity index (χ0) is 27.1. The van der Waals surface area contributed by atoms with Gasteiger partial charge in [-0.05, 0) is 38.1 Å². The molecule has 2 aromatic rings. The first-order valence-electron chi connectivity index (χ1n) is 11.8. The first kappa shape index (κ1) is 27.9. The van der Waals surface area contributed by atoms with Gasteiger partial charge in [-0.3, -0.25) is 9.59 Å². The van der Waals surface area contributed by atoms with Gasteiger partial charge in [-0.2, -0.15) is 10.4 Å². The molecule has 10 nitrogen and oxygen atoms in total. The number of rotatable bonds is 11. The van der Waals surface area contributed by atoms with Gasteiger partial charge in [0.1, 0.15) is 17.6 Å². The highest BCUT2D eigenvalue weighted by atomic mass is 35.5. The molecule has 0 radical (unpaired) electrons. The fourth-order valence-electron chi connectivity index (χ4n) is 3.63. The Morgan fingerprint density at radius 2 is 2.00 bits per heavy atom. The fraction of sp³-hybridized carbons (Fsp3) is 0.385. The molecule has 0 saturated heterocycles. The van der Waals surface area contributed by atoms with Crippen molar-refractivity contribution >= 4 is 29.1 Å². The largest absolute Gasteiger partial charge is 0.483 e. The summed E-state index contributed by atoms with van der Waals surface area (Å²) in [5, 5.41) is 30.6. The second kappa shape index (κ2) is 12.1. The fourth-order valence-corrected chi connectivity index (χ4v) is 3.79. The van der Waals surface area contributed by atoms with Gasteiger partial charge in [-0.1, -0.05) is 30.7 Å². The number of nitrogens with one attached hydrogen (secondary N) is 3. The molecule has 0 saturated carbocycles. The maximum Gasteiger partial charge on any atom is 0.268 e. The van der Waals surface area contributed by atoms with Crippen molar-refractivity contribution in [3.8, 4) is 17.6 Å². The van der Waals surface area contributed by atoms with Crippen molar-refractivity contribution < 1.29 is 24.2 Å². The van der Waals surface area contributed by atoms with E-state index < -0.39 is 11.4 Å². The van der Waals surface area contributed by atoms with Gasteiger partial charge in [0.2, 0.25) is 5.91 Å². The Balaban J connectivity index is 1.57. The van der Waals surface area contributed by atoms with Crippen molar-refractivity contribution in [2.24, 2.45) is 5.10 Å². The number of halogens is 1. The molecule has 196 valence electrons. The number of amides is 2. The monoisotopic (exact) mass is 527 g/mol. The molecule has 1 unspecified atom stereocenters. The molecule has 1 atom stereocenters. The molecule has 2 aromatic carbocycles. The Bertz CT molecular complexity index is 1230. The lowest BCUT2D eigenvalue weighted by atomic mass is 10.0. The van der Waals surface area contributed by atoms with E-state index >= 15 is 0 Å². The third kappa shape index (κ3) is 7.92. The highest BCUT2D eigenvalue weighted by molar-refractivity contribution is 6.30. The number of carbonyl (C=O) groups excluding carboxylic acids is 2. The van der Waals surface area contributed by atoms with Gasteiger partial charge in [0.05, 0.1) is 11.3 Å². The lowest BCUT2D eigenvalue weighted by molar-refractivity contribution is -0.179. The van der Waals surface area contributed by atoms with Crippen molar-refractivity contribution in [2.75, 3.05) is 13.2 Å². The number of ether oxygens (including phenoxy) is 2. The van der Waals surface area contributed by atoms with Crippen LogP contribution in [-0.4, -0.2) is 47.2 Å². The predicted molar refractivity (Wildman–Crippen MR) is 138 cm³/mol. The summed E-state index contributed by atoms with van der Waals surface area (Å²) in [6.45, 7) is 5.18. The van der Waals surface area contributed by atoms with E-state index in [4.69, 9.17) is 21.1 Å². The highest BCUT2D eigenvalue weighted by Crippen LogP contribution is 2.27. The van der Waals surface area contributed by atoms with E-state index in [2.05, 4.69) is 21.2 Å². The van der Waals surface area contributed by atoms with E-state index in [1.165, 1.54) is 12.1 Å². The maximum absolute atomic E-state index is 12.5. The zero-order valence-electron chi connectivity index (χ0n) is 20.9. The molecule has 11 heteroatoms. The van der Waals surface area contributed by atoms with Crippen LogP contribution in [0.3, 0.4) is 0 Å². The highest BCUT2D eigenvalue weighted by Gasteiger charge is 2.35. The van der Waals surface area contributed by atoms with Crippen molar-refractivity contribution in [1.29, 1.82) is 5.26 Å². The minimum Gasteiger partial charge on any atom is -0.483 e. The molecule has 0 spiro atoms. The molecule has 1 heterocycles. The van der Waals surface area contributed by atoms with E-state index in [1.807, 2.05) is 18.2 Å². The summed E-state index contributed by atoms with van der Waals surface area (Å²) in [5.41, 5.74) is 3.27. The number of benzene rings is 2. The number of nitriles is 1. The first-order valence-corrected chi connectivity index (χ1v) is 12.2. The Hall–Kier alpha value is -3.65. The van der Waals surface area contributed by atoms with Crippen molar-refractivity contribution in [2.45, 2.75) is 51.5 Å². The van der Waals surface area contributed by atoms with Gasteiger partial charge >= 0.3 is 0 Å². The summed E-state index contributed by atoms with van der Waals surface area (Å²) in [7, 11) is 0. The molecule has 4 N–H and O–H groups in total. The van der Waals surface area contributed by atoms with Gasteiger partial charge < -0.3 is 19.9 Å². The van der Waals surface area contributed by atoms with Crippen molar-refractivity contribution in [3.05, 3.63) is 58.6 Å². The molecule has 0 fully saturated rings. The quantitative estimate of drug-likeness (QED) is 0.329. The van der Waals surface area contributed by atoms with Crippen LogP contribution in [0.2, 0.25) is 5.02 Å². The molecular formula is C26H30ClN5O5. The third-order valence-corrected chi connectivity index (χ3v) is 5.78. The summed E-state index contributed by atoms with van der Waals surface area (Å²) in [5.74, 6) is -1.72. The smallest absolute Gasteiger partial charge is 0.268 e. The van der Waals surface area contributed by atoms with Crippen LogP contribution in [0.25, 0.3) is 0 Å². The lowest BCUT2D eigenvalue weighted by Crippen LogP contribution is -2.62. The maximum atomic E-state index is 12.5. The topological polar surface area (TPSA) is 145 Å². The van der Waals surface area contributed by atoms with E-state index in [0.717, 1.165) is 0 Å². The molecule has 2 amide bonds. The number of nitrogens with zero attached hydrogens (tertiary/aromatic N) is 2. The summed E-state index contributed by atoms with van der Waals surface area (Å²) in [4.78, 5) is 23.9. The van der Waals surface area contributed by atoms with Crippen LogP contribution in [0.1, 0.15) is 51.2 Å². The number of para-hydroxylation sites is 1. The summed E-state index contributed by atoms with van der Waals surface area (Å²) in [6.07, 6.45) is 0.955. The van der Waals surface area contributed by atoms with Crippen LogP contribution in [0.5, 0.6) is 11.5 Å². The number of carbonyl (C=O) groups is 2. The van der Waals surface area contributed by atoms with Crippen LogP contribution in [0, 0.1) is 11.3 Å². The SMILES string of the molecule is CCC(O)(NC(C)(C)CNC(=O)COc1ccccc1C1=NNC(=O)CC1)Oc1cc(Cl)ccc1C#N. The molecule has 0 aromatic heterocycles. The Labute approximate surface area is 220 Å². The minimum atomic E-state index is -1.82. The molecule has 37 heavy (non-hydrogen) atoms. The zero-order valence-corrected chi connectivity index (χ0v) is 21.7. The van der Waals surface area contributed by atoms with E-state index in [-0.39, 0.29) is 42.7 Å². The molecule has 0 bridgehead atoms. The van der Waals surface area contributed by atoms with Crippen molar-refractivity contribution in [3.63, 3.8) is 0 Å². The number of aliphatic hydroxyl groups is 1. The van der Waals surface area contributed by atoms with Gasteiger partial charge in [0.25, 0.3) is 11.8 Å². The molecular weight excluding hydrogens is 498 g/mol. The van der Waals surface area contributed by atoms with Crippen LogP contribution in [-0.2, 0) is 9.59 Å². The van der Waals surface area contributed by atoms with Gasteiger partial charge in [0, 0.05) is 48.0 Å². The van der Waals surface area contributed by atoms with Gasteiger partial charge in [-0.15, -0.1) is 0 Å². The van der Waals surface area contributed by atoms with Crippen LogP contribution in [0.4, 0.5) is 0 Å². The normalized spacial score (nSPS) is 15.0. The van der Waals surface area contributed by atoms with Crippen LogP contribution < -0.4 is 25.5 Å². The van der Waals surface area contributed by atoms with E-state index in [0.29, 0.717) is 34.9 Å². The molecule has 3 rings (SSSR count). The average Bonchev–Trinajstić information content (AvgIpc) is 2.87. The second-order valence-electron chi connectivity index (χ2n) is 9.16. The summed E-state index contributed by atoms with van der Waals surface area (Å²) in [6, 6.07) is 13.7.